The Kier molecular flexibility index (Phi) is 3.76. The van der Waals surface area contributed by atoms with Gasteiger partial charge in [-0.25, -0.2) is 0 Å². The van der Waals surface area contributed by atoms with Crippen molar-refractivity contribution in [1.82, 2.24) is 0 Å². The summed E-state index contributed by atoms with van der Waals surface area (Å²) in [5.41, 5.74) is 9.65. The second-order valence-electron chi connectivity index (χ2n) is 5.09. The normalized spacial score (nSPS) is 13.2. The molecule has 0 aliphatic carbocycles. The maximum absolute atomic E-state index is 8.99. The van der Waals surface area contributed by atoms with Crippen LogP contribution in [-0.2, 0) is 13.1 Å². The molecule has 21 heavy (non-hydrogen) atoms. The van der Waals surface area contributed by atoms with Gasteiger partial charge in [-0.3, -0.25) is 0 Å². The van der Waals surface area contributed by atoms with Crippen molar-refractivity contribution in [2.45, 2.75) is 13.1 Å². The summed E-state index contributed by atoms with van der Waals surface area (Å²) < 4.78 is 5.73. The van der Waals surface area contributed by atoms with Crippen LogP contribution in [0, 0.1) is 11.3 Å². The maximum atomic E-state index is 8.99. The zero-order valence-corrected chi connectivity index (χ0v) is 11.7. The van der Waals surface area contributed by atoms with E-state index in [2.05, 4.69) is 17.0 Å². The highest BCUT2D eigenvalue weighted by Gasteiger charge is 2.18. The molecule has 0 aromatic heterocycles. The molecule has 0 radical (unpaired) electrons. The Morgan fingerprint density at radius 1 is 1.19 bits per heavy atom. The molecular formula is C17H17N3O. The molecule has 0 saturated heterocycles. The van der Waals surface area contributed by atoms with E-state index in [0.29, 0.717) is 18.7 Å². The smallest absolute Gasteiger partial charge is 0.143 e. The number of ether oxygens (including phenoxy) is 1. The zero-order chi connectivity index (χ0) is 14.7. The Morgan fingerprint density at radius 3 is 2.90 bits per heavy atom. The number of anilines is 1. The van der Waals surface area contributed by atoms with Crippen molar-refractivity contribution in [2.24, 2.45) is 5.73 Å². The van der Waals surface area contributed by atoms with Gasteiger partial charge in [0.05, 0.1) is 23.9 Å². The number of nitrogens with zero attached hydrogens (tertiary/aromatic N) is 2. The zero-order valence-electron chi connectivity index (χ0n) is 11.7. The molecule has 106 valence electrons. The average Bonchev–Trinajstić information content (AvgIpc) is 2.55. The lowest BCUT2D eigenvalue weighted by atomic mass is 10.1. The third-order valence-electron chi connectivity index (χ3n) is 3.65. The minimum absolute atomic E-state index is 0.515. The third kappa shape index (κ3) is 2.83. The highest BCUT2D eigenvalue weighted by atomic mass is 16.5. The summed E-state index contributed by atoms with van der Waals surface area (Å²) in [5, 5.41) is 8.99. The van der Waals surface area contributed by atoms with Crippen LogP contribution in [0.15, 0.2) is 42.5 Å². The van der Waals surface area contributed by atoms with Crippen molar-refractivity contribution in [1.29, 1.82) is 5.26 Å². The van der Waals surface area contributed by atoms with Gasteiger partial charge in [-0.1, -0.05) is 18.2 Å². The fraction of sp³-hybridized carbons (Fsp3) is 0.235. The number of fused-ring (bicyclic) bond motifs is 1. The molecule has 2 aromatic carbocycles. The molecule has 0 bridgehead atoms. The summed E-state index contributed by atoms with van der Waals surface area (Å²) >= 11 is 0. The number of benzene rings is 2. The molecule has 1 heterocycles. The molecule has 2 aromatic rings. The SMILES string of the molecule is N#Cc1cccc(CN2CCOc3cc(CN)ccc32)c1. The molecule has 4 heteroatoms. The maximum Gasteiger partial charge on any atom is 0.143 e. The molecule has 2 N–H and O–H groups in total. The van der Waals surface area contributed by atoms with Crippen molar-refractivity contribution in [3.05, 3.63) is 59.2 Å². The Balaban J connectivity index is 1.86. The van der Waals surface area contributed by atoms with Crippen LogP contribution < -0.4 is 15.4 Å². The Bertz CT molecular complexity index is 691. The first-order valence-corrected chi connectivity index (χ1v) is 7.00. The molecule has 3 rings (SSSR count). The van der Waals surface area contributed by atoms with Crippen LogP contribution in [0.4, 0.5) is 5.69 Å². The Morgan fingerprint density at radius 2 is 2.10 bits per heavy atom. The molecule has 0 fully saturated rings. The molecule has 1 aliphatic rings. The number of hydrogen-bond donors (Lipinski definition) is 1. The van der Waals surface area contributed by atoms with E-state index in [9.17, 15) is 0 Å². The lowest BCUT2D eigenvalue weighted by Crippen LogP contribution is -2.32. The molecule has 1 aliphatic heterocycles. The van der Waals surface area contributed by atoms with Crippen molar-refractivity contribution in [3.63, 3.8) is 0 Å². The summed E-state index contributed by atoms with van der Waals surface area (Å²) in [6, 6.07) is 16.0. The lowest BCUT2D eigenvalue weighted by molar-refractivity contribution is 0.306. The standard InChI is InChI=1S/C17H17N3O/c18-10-13-2-1-3-15(8-13)12-20-6-7-21-17-9-14(11-19)4-5-16(17)20/h1-5,8-9H,6-7,11-12,19H2. The highest BCUT2D eigenvalue weighted by Crippen LogP contribution is 2.33. The van der Waals surface area contributed by atoms with Crippen LogP contribution >= 0.6 is 0 Å². The van der Waals surface area contributed by atoms with Crippen LogP contribution in [0.2, 0.25) is 0 Å². The molecule has 0 spiro atoms. The minimum atomic E-state index is 0.515. The summed E-state index contributed by atoms with van der Waals surface area (Å²) in [7, 11) is 0. The van der Waals surface area contributed by atoms with E-state index in [1.165, 1.54) is 0 Å². The first-order chi connectivity index (χ1) is 10.3. The number of hydrogen-bond acceptors (Lipinski definition) is 4. The van der Waals surface area contributed by atoms with Crippen molar-refractivity contribution in [3.8, 4) is 11.8 Å². The highest BCUT2D eigenvalue weighted by molar-refractivity contribution is 5.61. The third-order valence-corrected chi connectivity index (χ3v) is 3.65. The van der Waals surface area contributed by atoms with E-state index in [1.807, 2.05) is 36.4 Å². The predicted molar refractivity (Wildman–Crippen MR) is 82.0 cm³/mol. The second kappa shape index (κ2) is 5.86. The van der Waals surface area contributed by atoms with Gasteiger partial charge in [0, 0.05) is 13.1 Å². The monoisotopic (exact) mass is 279 g/mol. The van der Waals surface area contributed by atoms with Gasteiger partial charge in [0.2, 0.25) is 0 Å². The molecule has 4 nitrogen and oxygen atoms in total. The molecule has 0 amide bonds. The molecule has 0 saturated carbocycles. The van der Waals surface area contributed by atoms with Gasteiger partial charge >= 0.3 is 0 Å². The van der Waals surface area contributed by atoms with Gasteiger partial charge in [-0.15, -0.1) is 0 Å². The Labute approximate surface area is 124 Å². The molecule has 0 atom stereocenters. The van der Waals surface area contributed by atoms with Gasteiger partial charge in [-0.2, -0.15) is 5.26 Å². The summed E-state index contributed by atoms with van der Waals surface area (Å²) in [6.45, 7) is 2.79. The average molecular weight is 279 g/mol. The first-order valence-electron chi connectivity index (χ1n) is 7.00. The van der Waals surface area contributed by atoms with Crippen LogP contribution in [0.5, 0.6) is 5.75 Å². The van der Waals surface area contributed by atoms with Crippen molar-refractivity contribution < 1.29 is 4.74 Å². The van der Waals surface area contributed by atoms with E-state index >= 15 is 0 Å². The van der Waals surface area contributed by atoms with Crippen molar-refractivity contribution in [2.75, 3.05) is 18.1 Å². The van der Waals surface area contributed by atoms with E-state index < -0.39 is 0 Å². The quantitative estimate of drug-likeness (QED) is 0.937. The number of nitrogens with two attached hydrogens (primary N) is 1. The van der Waals surface area contributed by atoms with E-state index in [0.717, 1.165) is 35.7 Å². The Hall–Kier alpha value is -2.51. The van der Waals surface area contributed by atoms with Gasteiger partial charge in [0.15, 0.2) is 0 Å². The largest absolute Gasteiger partial charge is 0.490 e. The molecule has 0 unspecified atom stereocenters. The summed E-state index contributed by atoms with van der Waals surface area (Å²) in [4.78, 5) is 2.27. The van der Waals surface area contributed by atoms with Crippen LogP contribution in [0.25, 0.3) is 0 Å². The van der Waals surface area contributed by atoms with Gasteiger partial charge in [0.1, 0.15) is 12.4 Å². The van der Waals surface area contributed by atoms with Gasteiger partial charge < -0.3 is 15.4 Å². The second-order valence-corrected chi connectivity index (χ2v) is 5.09. The van der Waals surface area contributed by atoms with E-state index in [1.54, 1.807) is 0 Å². The van der Waals surface area contributed by atoms with Crippen LogP contribution in [-0.4, -0.2) is 13.2 Å². The van der Waals surface area contributed by atoms with Gasteiger partial charge in [0.25, 0.3) is 0 Å². The van der Waals surface area contributed by atoms with Crippen molar-refractivity contribution >= 4 is 5.69 Å². The van der Waals surface area contributed by atoms with E-state index in [-0.39, 0.29) is 0 Å². The van der Waals surface area contributed by atoms with Gasteiger partial charge in [-0.05, 0) is 35.4 Å². The first kappa shape index (κ1) is 13.5. The lowest BCUT2D eigenvalue weighted by Gasteiger charge is -2.31. The number of nitriles is 1. The van der Waals surface area contributed by atoms with Crippen LogP contribution in [0.1, 0.15) is 16.7 Å². The number of rotatable bonds is 3. The fourth-order valence-corrected chi connectivity index (χ4v) is 2.57. The topological polar surface area (TPSA) is 62.3 Å². The minimum Gasteiger partial charge on any atom is -0.490 e. The summed E-state index contributed by atoms with van der Waals surface area (Å²) in [6.07, 6.45) is 0. The predicted octanol–water partition coefficient (Wildman–Crippen LogP) is 2.42. The summed E-state index contributed by atoms with van der Waals surface area (Å²) in [5.74, 6) is 0.889. The molecular weight excluding hydrogens is 262 g/mol. The van der Waals surface area contributed by atoms with Crippen LogP contribution in [0.3, 0.4) is 0 Å². The van der Waals surface area contributed by atoms with E-state index in [4.69, 9.17) is 15.7 Å². The fourth-order valence-electron chi connectivity index (χ4n) is 2.57.